The summed E-state index contributed by atoms with van der Waals surface area (Å²) in [5, 5.41) is 0. The van der Waals surface area contributed by atoms with Crippen molar-refractivity contribution in [1.82, 2.24) is 15.0 Å². The maximum Gasteiger partial charge on any atom is 0.115 e. The van der Waals surface area contributed by atoms with Crippen molar-refractivity contribution in [3.05, 3.63) is 77.6 Å². The molecule has 0 saturated heterocycles. The van der Waals surface area contributed by atoms with E-state index in [2.05, 4.69) is 66.1 Å². The van der Waals surface area contributed by atoms with Crippen molar-refractivity contribution in [3.8, 4) is 11.1 Å². The van der Waals surface area contributed by atoms with Crippen molar-refractivity contribution in [1.29, 1.82) is 0 Å². The molecule has 1 aromatic carbocycles. The molecule has 0 aliphatic carbocycles. The van der Waals surface area contributed by atoms with Crippen LogP contribution in [0.15, 0.2) is 55.1 Å². The second-order valence-electron chi connectivity index (χ2n) is 7.63. The highest BCUT2D eigenvalue weighted by atomic mass is 16.5. The average Bonchev–Trinajstić information content (AvgIpc) is 2.73. The molecule has 4 nitrogen and oxygen atoms in total. The number of aryl methyl sites for hydroxylation is 1. The number of nitrogens with zero attached hydrogens (tertiary/aromatic N) is 3. The molecule has 0 N–H and O–H groups in total. The fourth-order valence-electron chi connectivity index (χ4n) is 3.39. The molecular formula is C24H29N3O. The van der Waals surface area contributed by atoms with Gasteiger partial charge in [-0.15, -0.1) is 0 Å². The molecule has 4 heteroatoms. The van der Waals surface area contributed by atoms with Gasteiger partial charge in [0.1, 0.15) is 6.33 Å². The second-order valence-corrected chi connectivity index (χ2v) is 7.63. The van der Waals surface area contributed by atoms with Crippen LogP contribution in [0.4, 0.5) is 0 Å². The fraction of sp³-hybridized carbons (Fsp3) is 0.375. The summed E-state index contributed by atoms with van der Waals surface area (Å²) in [6.07, 6.45) is 7.01. The highest BCUT2D eigenvalue weighted by Crippen LogP contribution is 2.28. The van der Waals surface area contributed by atoms with Crippen LogP contribution in [-0.4, -0.2) is 28.2 Å². The Morgan fingerprint density at radius 3 is 2.43 bits per heavy atom. The Balaban J connectivity index is 1.85. The molecule has 0 unspecified atom stereocenters. The van der Waals surface area contributed by atoms with Crippen molar-refractivity contribution in [3.63, 3.8) is 0 Å². The Labute approximate surface area is 168 Å². The van der Waals surface area contributed by atoms with Crippen molar-refractivity contribution in [2.24, 2.45) is 0 Å². The Bertz CT molecular complexity index is 904. The number of hydrogen-bond donors (Lipinski definition) is 0. The SMILES string of the molecule is CCOCC(C)(C)c1ccc(Cc2ncccc2-c2cncnc2CC)cc1. The Hall–Kier alpha value is -2.59. The Morgan fingerprint density at radius 2 is 1.71 bits per heavy atom. The van der Waals surface area contributed by atoms with E-state index in [4.69, 9.17) is 4.74 Å². The first kappa shape index (κ1) is 20.2. The highest BCUT2D eigenvalue weighted by molar-refractivity contribution is 5.67. The molecule has 0 saturated carbocycles. The van der Waals surface area contributed by atoms with E-state index in [1.165, 1.54) is 11.1 Å². The molecule has 3 aromatic rings. The Kier molecular flexibility index (Phi) is 6.53. The van der Waals surface area contributed by atoms with E-state index in [0.29, 0.717) is 0 Å². The largest absolute Gasteiger partial charge is 0.381 e. The lowest BCUT2D eigenvalue weighted by Crippen LogP contribution is -2.24. The first-order valence-corrected chi connectivity index (χ1v) is 9.95. The van der Waals surface area contributed by atoms with E-state index >= 15 is 0 Å². The zero-order valence-electron chi connectivity index (χ0n) is 17.3. The molecule has 0 aliphatic heterocycles. The van der Waals surface area contributed by atoms with Crippen molar-refractivity contribution < 1.29 is 4.74 Å². The van der Waals surface area contributed by atoms with Crippen LogP contribution in [0, 0.1) is 0 Å². The quantitative estimate of drug-likeness (QED) is 0.555. The molecule has 0 radical (unpaired) electrons. The molecule has 2 aromatic heterocycles. The lowest BCUT2D eigenvalue weighted by Gasteiger charge is -2.25. The normalized spacial score (nSPS) is 11.6. The zero-order valence-corrected chi connectivity index (χ0v) is 17.3. The number of hydrogen-bond acceptors (Lipinski definition) is 4. The first-order valence-electron chi connectivity index (χ1n) is 9.95. The molecule has 3 rings (SSSR count). The molecule has 28 heavy (non-hydrogen) atoms. The molecule has 0 spiro atoms. The fourth-order valence-corrected chi connectivity index (χ4v) is 3.39. The summed E-state index contributed by atoms with van der Waals surface area (Å²) < 4.78 is 5.64. The number of pyridine rings is 1. The standard InChI is InChI=1S/C24H29N3O/c1-5-22-21(15-25-17-27-22)20-8-7-13-26-23(20)14-18-9-11-19(12-10-18)24(3,4)16-28-6-2/h7-13,15,17H,5-6,14,16H2,1-4H3. The van der Waals surface area contributed by atoms with Crippen LogP contribution in [0.5, 0.6) is 0 Å². The molecule has 146 valence electrons. The van der Waals surface area contributed by atoms with Crippen LogP contribution >= 0.6 is 0 Å². The lowest BCUT2D eigenvalue weighted by atomic mass is 9.85. The van der Waals surface area contributed by atoms with E-state index in [0.717, 1.165) is 48.6 Å². The number of benzene rings is 1. The highest BCUT2D eigenvalue weighted by Gasteiger charge is 2.20. The van der Waals surface area contributed by atoms with Gasteiger partial charge < -0.3 is 4.74 Å². The summed E-state index contributed by atoms with van der Waals surface area (Å²) in [4.78, 5) is 13.3. The van der Waals surface area contributed by atoms with Gasteiger partial charge in [0.05, 0.1) is 18.0 Å². The molecule has 0 atom stereocenters. The van der Waals surface area contributed by atoms with Gasteiger partial charge in [-0.3, -0.25) is 4.98 Å². The van der Waals surface area contributed by atoms with Gasteiger partial charge in [0.25, 0.3) is 0 Å². The predicted molar refractivity (Wildman–Crippen MR) is 113 cm³/mol. The van der Waals surface area contributed by atoms with Crippen LogP contribution in [-0.2, 0) is 23.0 Å². The smallest absolute Gasteiger partial charge is 0.115 e. The maximum absolute atomic E-state index is 5.64. The van der Waals surface area contributed by atoms with Gasteiger partial charge in [0.15, 0.2) is 0 Å². The minimum Gasteiger partial charge on any atom is -0.381 e. The minimum atomic E-state index is 0.00209. The van der Waals surface area contributed by atoms with Gasteiger partial charge in [-0.1, -0.05) is 51.1 Å². The Morgan fingerprint density at radius 1 is 0.929 bits per heavy atom. The third kappa shape index (κ3) is 4.63. The summed E-state index contributed by atoms with van der Waals surface area (Å²) in [6.45, 7) is 10.1. The van der Waals surface area contributed by atoms with Crippen LogP contribution < -0.4 is 0 Å². The van der Waals surface area contributed by atoms with Crippen LogP contribution in [0.2, 0.25) is 0 Å². The van der Waals surface area contributed by atoms with Crippen LogP contribution in [0.1, 0.15) is 50.2 Å². The van der Waals surface area contributed by atoms with E-state index in [1.807, 2.05) is 25.4 Å². The monoisotopic (exact) mass is 375 g/mol. The predicted octanol–water partition coefficient (Wildman–Crippen LogP) is 5.01. The van der Waals surface area contributed by atoms with Crippen LogP contribution in [0.25, 0.3) is 11.1 Å². The number of aromatic nitrogens is 3. The van der Waals surface area contributed by atoms with Gasteiger partial charge in [0, 0.05) is 42.0 Å². The van der Waals surface area contributed by atoms with Gasteiger partial charge in [-0.2, -0.15) is 0 Å². The minimum absolute atomic E-state index is 0.00209. The number of rotatable bonds is 8. The summed E-state index contributed by atoms with van der Waals surface area (Å²) in [6, 6.07) is 12.9. The zero-order chi connectivity index (χ0) is 20.0. The van der Waals surface area contributed by atoms with Crippen molar-refractivity contribution in [2.75, 3.05) is 13.2 Å². The van der Waals surface area contributed by atoms with Crippen molar-refractivity contribution in [2.45, 2.75) is 46.0 Å². The van der Waals surface area contributed by atoms with Gasteiger partial charge in [-0.05, 0) is 30.5 Å². The topological polar surface area (TPSA) is 47.9 Å². The van der Waals surface area contributed by atoms with E-state index in [9.17, 15) is 0 Å². The van der Waals surface area contributed by atoms with Crippen molar-refractivity contribution >= 4 is 0 Å². The molecule has 0 aliphatic rings. The third-order valence-corrected chi connectivity index (χ3v) is 5.08. The number of ether oxygens (including phenoxy) is 1. The van der Waals surface area contributed by atoms with E-state index < -0.39 is 0 Å². The van der Waals surface area contributed by atoms with E-state index in [1.54, 1.807) is 6.33 Å². The first-order chi connectivity index (χ1) is 13.5. The van der Waals surface area contributed by atoms with Gasteiger partial charge in [-0.25, -0.2) is 9.97 Å². The molecule has 0 fully saturated rings. The molecule has 0 bridgehead atoms. The second kappa shape index (κ2) is 9.07. The van der Waals surface area contributed by atoms with Crippen LogP contribution in [0.3, 0.4) is 0 Å². The summed E-state index contributed by atoms with van der Waals surface area (Å²) in [5.41, 5.74) is 6.82. The molecule has 2 heterocycles. The summed E-state index contributed by atoms with van der Waals surface area (Å²) in [7, 11) is 0. The average molecular weight is 376 g/mol. The lowest BCUT2D eigenvalue weighted by molar-refractivity contribution is 0.105. The summed E-state index contributed by atoms with van der Waals surface area (Å²) in [5.74, 6) is 0. The summed E-state index contributed by atoms with van der Waals surface area (Å²) >= 11 is 0. The third-order valence-electron chi connectivity index (χ3n) is 5.08. The van der Waals surface area contributed by atoms with Gasteiger partial charge in [0.2, 0.25) is 0 Å². The van der Waals surface area contributed by atoms with Gasteiger partial charge >= 0.3 is 0 Å². The maximum atomic E-state index is 5.64. The van der Waals surface area contributed by atoms with E-state index in [-0.39, 0.29) is 5.41 Å². The molecular weight excluding hydrogens is 346 g/mol. The molecule has 0 amide bonds.